The molecule has 1 heterocycles. The first-order valence-corrected chi connectivity index (χ1v) is 9.03. The molecule has 0 saturated carbocycles. The van der Waals surface area contributed by atoms with Crippen LogP contribution >= 0.6 is 48.0 Å². The van der Waals surface area contributed by atoms with E-state index in [0.29, 0.717) is 14.4 Å². The number of nitrogens with one attached hydrogen (secondary N) is 1. The third kappa shape index (κ3) is 8.65. The number of nitrogens with zero attached hydrogens (tertiary/aromatic N) is 1. The number of hydrazine groups is 1. The fourth-order valence-electron chi connectivity index (χ4n) is 0.987. The summed E-state index contributed by atoms with van der Waals surface area (Å²) < 4.78 is 31.8. The first-order chi connectivity index (χ1) is 8.29. The molecule has 1 fully saturated rings. The van der Waals surface area contributed by atoms with Crippen LogP contribution in [0.3, 0.4) is 0 Å². The zero-order valence-corrected chi connectivity index (χ0v) is 17.2. The second-order valence-electron chi connectivity index (χ2n) is 3.15. The Morgan fingerprint density at radius 2 is 2.21 bits per heavy atom. The predicted molar refractivity (Wildman–Crippen MR) is 79.3 cm³/mol. The molecule has 0 aromatic rings. The van der Waals surface area contributed by atoms with Crippen LogP contribution in [0.4, 0.5) is 0 Å². The van der Waals surface area contributed by atoms with Crippen LogP contribution in [-0.2, 0) is 14.9 Å². The molecular weight excluding hydrogens is 376 g/mol. The van der Waals surface area contributed by atoms with Gasteiger partial charge in [0.25, 0.3) is 5.91 Å². The van der Waals surface area contributed by atoms with Crippen molar-refractivity contribution in [2.75, 3.05) is 17.3 Å². The number of thiocarbonyl (C=S) groups is 2. The van der Waals surface area contributed by atoms with Crippen LogP contribution < -0.4 is 56.8 Å². The molecule has 102 valence electrons. The van der Waals surface area contributed by atoms with Gasteiger partial charge in [0.2, 0.25) is 0 Å². The summed E-state index contributed by atoms with van der Waals surface area (Å²) in [5, 5.41) is 1.19. The van der Waals surface area contributed by atoms with E-state index in [-0.39, 0.29) is 69.5 Å². The molecule has 0 aliphatic carbocycles. The molecule has 12 heteroatoms. The van der Waals surface area contributed by atoms with Gasteiger partial charge < -0.3 is 4.55 Å². The van der Waals surface area contributed by atoms with Crippen LogP contribution in [0.15, 0.2) is 0 Å². The van der Waals surface area contributed by atoms with Crippen molar-refractivity contribution < 1.29 is 69.1 Å². The first kappa shape index (κ1) is 20.7. The SMILES string of the molecule is O=C1CSC(=S)N1NC(=S)SCCCS(=O)(=O)[O-].[K+]. The molecule has 1 N–H and O–H groups in total. The fraction of sp³-hybridized carbons (Fsp3) is 0.571. The van der Waals surface area contributed by atoms with Gasteiger partial charge in [-0.25, -0.2) is 13.4 Å². The van der Waals surface area contributed by atoms with Gasteiger partial charge in [0.15, 0.2) is 8.64 Å². The molecule has 1 rings (SSSR count). The number of hydrogen-bond donors (Lipinski definition) is 1. The molecule has 0 bridgehead atoms. The Hall–Kier alpha value is 1.70. The van der Waals surface area contributed by atoms with Crippen LogP contribution in [0.25, 0.3) is 0 Å². The number of carbonyl (C=O) groups excluding carboxylic acids is 1. The van der Waals surface area contributed by atoms with E-state index >= 15 is 0 Å². The Bertz CT molecular complexity index is 452. The van der Waals surface area contributed by atoms with Crippen LogP contribution in [0.5, 0.6) is 0 Å². The Morgan fingerprint density at radius 1 is 1.58 bits per heavy atom. The quantitative estimate of drug-likeness (QED) is 0.235. The smallest absolute Gasteiger partial charge is 0.748 e. The van der Waals surface area contributed by atoms with E-state index < -0.39 is 15.9 Å². The average molecular weight is 385 g/mol. The maximum atomic E-state index is 11.3. The summed E-state index contributed by atoms with van der Waals surface area (Å²) in [7, 11) is -4.18. The molecule has 0 aromatic carbocycles. The Balaban J connectivity index is 0.00000324. The zero-order chi connectivity index (χ0) is 13.8. The van der Waals surface area contributed by atoms with E-state index in [0.717, 1.165) is 11.8 Å². The van der Waals surface area contributed by atoms with Crippen LogP contribution in [0.2, 0.25) is 0 Å². The molecule has 0 aromatic heterocycles. The molecular formula is C7H9KN2O4S5. The number of rotatable bonds is 5. The van der Waals surface area contributed by atoms with Gasteiger partial charge in [0.1, 0.15) is 0 Å². The van der Waals surface area contributed by atoms with Crippen LogP contribution in [0, 0.1) is 0 Å². The van der Waals surface area contributed by atoms with Gasteiger partial charge in [-0.05, 0) is 6.42 Å². The molecule has 0 unspecified atom stereocenters. The van der Waals surface area contributed by atoms with Crippen molar-refractivity contribution >= 4 is 72.6 Å². The van der Waals surface area contributed by atoms with Crippen molar-refractivity contribution in [1.82, 2.24) is 10.4 Å². The van der Waals surface area contributed by atoms with Crippen molar-refractivity contribution in [3.63, 3.8) is 0 Å². The van der Waals surface area contributed by atoms with E-state index in [4.69, 9.17) is 24.4 Å². The predicted octanol–water partition coefficient (Wildman–Crippen LogP) is -2.69. The number of thioether (sulfide) groups is 2. The van der Waals surface area contributed by atoms with Gasteiger partial charge >= 0.3 is 51.4 Å². The Kier molecular flexibility index (Phi) is 10.5. The van der Waals surface area contributed by atoms with E-state index in [1.165, 1.54) is 16.8 Å². The standard InChI is InChI=1S/C7H10N2O4S5.K/c10-5-4-17-7(15)9(5)8-6(14)16-2-1-3-18(11,12)13;/h1-4H2,(H,8,14)(H,11,12,13);/q;+1/p-1. The first-order valence-electron chi connectivity index (χ1n) is 4.66. The van der Waals surface area contributed by atoms with E-state index in [9.17, 15) is 17.8 Å². The molecule has 1 aliphatic rings. The summed E-state index contributed by atoms with van der Waals surface area (Å²) in [6, 6.07) is 0. The third-order valence-corrected chi connectivity index (χ3v) is 5.16. The molecule has 1 amide bonds. The second kappa shape index (κ2) is 9.66. The van der Waals surface area contributed by atoms with Crippen molar-refractivity contribution in [2.24, 2.45) is 0 Å². The summed E-state index contributed by atoms with van der Waals surface area (Å²) in [4.78, 5) is 11.3. The van der Waals surface area contributed by atoms with Gasteiger partial charge in [-0.2, -0.15) is 0 Å². The zero-order valence-electron chi connectivity index (χ0n) is 9.95. The maximum Gasteiger partial charge on any atom is 1.00 e. The minimum Gasteiger partial charge on any atom is -0.748 e. The van der Waals surface area contributed by atoms with E-state index in [1.807, 2.05) is 0 Å². The summed E-state index contributed by atoms with van der Waals surface area (Å²) in [6.07, 6.45) is 0.214. The fourth-order valence-corrected chi connectivity index (χ4v) is 3.62. The van der Waals surface area contributed by atoms with Crippen molar-refractivity contribution in [3.05, 3.63) is 0 Å². The largest absolute Gasteiger partial charge is 1.00 e. The van der Waals surface area contributed by atoms with Crippen molar-refractivity contribution in [2.45, 2.75) is 6.42 Å². The molecule has 1 saturated heterocycles. The Labute approximate surface area is 173 Å². The van der Waals surface area contributed by atoms with E-state index in [2.05, 4.69) is 5.43 Å². The summed E-state index contributed by atoms with van der Waals surface area (Å²) in [5.74, 6) is 0.0811. The molecule has 1 aliphatic heterocycles. The molecule has 0 atom stereocenters. The Morgan fingerprint density at radius 3 is 2.68 bits per heavy atom. The number of amides is 1. The van der Waals surface area contributed by atoms with Crippen molar-refractivity contribution in [3.8, 4) is 0 Å². The summed E-state index contributed by atoms with van der Waals surface area (Å²) in [5.41, 5.74) is 2.66. The van der Waals surface area contributed by atoms with Gasteiger partial charge in [0.05, 0.1) is 15.9 Å². The van der Waals surface area contributed by atoms with Crippen LogP contribution in [0.1, 0.15) is 6.42 Å². The average Bonchev–Trinajstić information content (AvgIpc) is 2.55. The van der Waals surface area contributed by atoms with Gasteiger partial charge in [-0.1, -0.05) is 48.0 Å². The second-order valence-corrected chi connectivity index (χ2v) is 8.05. The molecule has 0 spiro atoms. The minimum absolute atomic E-state index is 0. The van der Waals surface area contributed by atoms with E-state index in [1.54, 1.807) is 0 Å². The maximum absolute atomic E-state index is 11.3. The molecule has 19 heavy (non-hydrogen) atoms. The van der Waals surface area contributed by atoms with Gasteiger partial charge in [-0.15, -0.1) is 0 Å². The normalized spacial score (nSPS) is 15.3. The third-order valence-electron chi connectivity index (χ3n) is 1.73. The number of carbonyl (C=O) groups is 1. The van der Waals surface area contributed by atoms with Gasteiger partial charge in [-0.3, -0.25) is 10.2 Å². The monoisotopic (exact) mass is 384 g/mol. The summed E-state index contributed by atoms with van der Waals surface area (Å²) >= 11 is 12.3. The van der Waals surface area contributed by atoms with Gasteiger partial charge in [0, 0.05) is 11.5 Å². The topological polar surface area (TPSA) is 89.5 Å². The van der Waals surface area contributed by atoms with Crippen LogP contribution in [-0.4, -0.2) is 49.8 Å². The number of hydrogen-bond acceptors (Lipinski definition) is 8. The van der Waals surface area contributed by atoms with Crippen molar-refractivity contribution in [1.29, 1.82) is 0 Å². The minimum atomic E-state index is -4.18. The molecule has 6 nitrogen and oxygen atoms in total. The summed E-state index contributed by atoms with van der Waals surface area (Å²) in [6.45, 7) is 0. The molecule has 0 radical (unpaired) electrons.